The summed E-state index contributed by atoms with van der Waals surface area (Å²) in [6.07, 6.45) is 0. The molecule has 2 aliphatic carbocycles. The van der Waals surface area contributed by atoms with Gasteiger partial charge in [0.05, 0.1) is 23.3 Å². The molecule has 11 heteroatoms. The molecular weight excluding hydrogens is 408 g/mol. The predicted octanol–water partition coefficient (Wildman–Crippen LogP) is 3.04. The maximum atomic E-state index is 11.3. The van der Waals surface area contributed by atoms with Gasteiger partial charge >= 0.3 is 30.2 Å². The van der Waals surface area contributed by atoms with Gasteiger partial charge in [-0.05, 0) is 0 Å². The second kappa shape index (κ2) is 5.60. The van der Waals surface area contributed by atoms with Gasteiger partial charge in [0.15, 0.2) is 4.33 Å². The van der Waals surface area contributed by atoms with Crippen molar-refractivity contribution in [3.63, 3.8) is 0 Å². The van der Waals surface area contributed by atoms with Gasteiger partial charge in [0, 0.05) is 11.8 Å². The number of hydrogen-bond donors (Lipinski definition) is 0. The van der Waals surface area contributed by atoms with Crippen LogP contribution in [0.3, 0.4) is 0 Å². The van der Waals surface area contributed by atoms with Crippen LogP contribution in [0, 0.1) is 11.8 Å². The third-order valence-corrected chi connectivity index (χ3v) is 8.95. The first-order valence-corrected chi connectivity index (χ1v) is 8.46. The van der Waals surface area contributed by atoms with Gasteiger partial charge in [-0.3, -0.25) is 8.37 Å². The normalized spacial score (nSPS) is 49.6. The molecule has 3 nitrogen and oxygen atoms in total. The van der Waals surface area contributed by atoms with Gasteiger partial charge < -0.3 is 0 Å². The number of alkyl halides is 4. The second-order valence-corrected chi connectivity index (χ2v) is 8.77. The van der Waals surface area contributed by atoms with E-state index in [9.17, 15) is 4.21 Å². The molecule has 0 N–H and O–H groups in total. The number of halogens is 6. The molecule has 20 heavy (non-hydrogen) atoms. The molecule has 0 amide bonds. The summed E-state index contributed by atoms with van der Waals surface area (Å²) in [5, 5.41) is 0.210. The standard InChI is InChI=1S/C9H6Cl6O3S.Li.H/c10-5-6(11)8(13)4-2-18-19(16)17-1-3(4)7(5,12)9(8,14)15;;/h3-4H,1-2H2;;. The van der Waals surface area contributed by atoms with Crippen molar-refractivity contribution < 1.29 is 12.6 Å². The second-order valence-electron chi connectivity index (χ2n) is 4.61. The zero-order valence-electron chi connectivity index (χ0n) is 8.97. The van der Waals surface area contributed by atoms with Crippen LogP contribution in [-0.2, 0) is 19.7 Å². The first kappa shape index (κ1) is 18.5. The van der Waals surface area contributed by atoms with Crippen LogP contribution < -0.4 is 0 Å². The van der Waals surface area contributed by atoms with E-state index in [4.69, 9.17) is 78.0 Å². The molecule has 0 aromatic carbocycles. The number of rotatable bonds is 0. The van der Waals surface area contributed by atoms with Crippen molar-refractivity contribution >= 4 is 99.8 Å². The molecule has 2 bridgehead atoms. The summed E-state index contributed by atoms with van der Waals surface area (Å²) in [4.78, 5) is -2.78. The summed E-state index contributed by atoms with van der Waals surface area (Å²) in [6, 6.07) is 0. The van der Waals surface area contributed by atoms with E-state index < -0.39 is 37.3 Å². The van der Waals surface area contributed by atoms with E-state index in [0.717, 1.165) is 0 Å². The molecule has 2 fully saturated rings. The van der Waals surface area contributed by atoms with E-state index in [1.807, 2.05) is 0 Å². The summed E-state index contributed by atoms with van der Waals surface area (Å²) >= 11 is 36.4. The van der Waals surface area contributed by atoms with Crippen LogP contribution in [0.5, 0.6) is 0 Å². The first-order chi connectivity index (χ1) is 8.69. The third kappa shape index (κ3) is 1.91. The van der Waals surface area contributed by atoms with E-state index >= 15 is 0 Å². The maximum absolute atomic E-state index is 11.3. The minimum atomic E-state index is -1.86. The van der Waals surface area contributed by atoms with E-state index in [0.29, 0.717) is 0 Å². The zero-order valence-corrected chi connectivity index (χ0v) is 14.3. The molecule has 0 aromatic rings. The zero-order chi connectivity index (χ0) is 14.2. The van der Waals surface area contributed by atoms with Crippen LogP contribution in [0.15, 0.2) is 10.1 Å². The molecular formula is C9H7Cl6LiO3S. The molecule has 1 heterocycles. The van der Waals surface area contributed by atoms with E-state index in [1.54, 1.807) is 0 Å². The van der Waals surface area contributed by atoms with Gasteiger partial charge in [-0.1, -0.05) is 46.4 Å². The average Bonchev–Trinajstić information content (AvgIpc) is 2.54. The van der Waals surface area contributed by atoms with Crippen LogP contribution in [0.4, 0.5) is 0 Å². The van der Waals surface area contributed by atoms with Gasteiger partial charge in [0.25, 0.3) is 0 Å². The molecule has 110 valence electrons. The van der Waals surface area contributed by atoms with Crippen LogP contribution >= 0.6 is 69.6 Å². The molecule has 0 radical (unpaired) electrons. The van der Waals surface area contributed by atoms with Crippen molar-refractivity contribution in [2.45, 2.75) is 14.1 Å². The van der Waals surface area contributed by atoms with Crippen molar-refractivity contribution in [3.8, 4) is 0 Å². The number of fused-ring (bicyclic) bond motifs is 5. The Morgan fingerprint density at radius 1 is 0.950 bits per heavy atom. The fraction of sp³-hybridized carbons (Fsp3) is 0.778. The van der Waals surface area contributed by atoms with Gasteiger partial charge in [-0.25, -0.2) is 0 Å². The first-order valence-electron chi connectivity index (χ1n) is 5.19. The predicted molar refractivity (Wildman–Crippen MR) is 84.5 cm³/mol. The molecule has 3 aliphatic rings. The van der Waals surface area contributed by atoms with Crippen molar-refractivity contribution in [1.82, 2.24) is 0 Å². The van der Waals surface area contributed by atoms with Gasteiger partial charge in [-0.15, -0.1) is 23.2 Å². The molecule has 1 aliphatic heterocycles. The van der Waals surface area contributed by atoms with Gasteiger partial charge in [0.1, 0.15) is 9.75 Å². The van der Waals surface area contributed by atoms with E-state index in [-0.39, 0.29) is 42.1 Å². The Balaban J connectivity index is 0.00000147. The van der Waals surface area contributed by atoms with Crippen molar-refractivity contribution in [2.24, 2.45) is 11.8 Å². The van der Waals surface area contributed by atoms with Crippen LogP contribution in [-0.4, -0.2) is 50.4 Å². The number of allylic oxidation sites excluding steroid dienone is 2. The minimum absolute atomic E-state index is 0. The molecule has 4 atom stereocenters. The van der Waals surface area contributed by atoms with E-state index in [2.05, 4.69) is 0 Å². The Labute approximate surface area is 160 Å². The Morgan fingerprint density at radius 2 is 1.30 bits per heavy atom. The molecule has 0 spiro atoms. The van der Waals surface area contributed by atoms with Gasteiger partial charge in [0.2, 0.25) is 0 Å². The van der Waals surface area contributed by atoms with Gasteiger partial charge in [-0.2, -0.15) is 4.21 Å². The fourth-order valence-corrected chi connectivity index (χ4v) is 6.60. The number of hydrogen-bond acceptors (Lipinski definition) is 3. The Hall–Kier alpha value is 2.15. The average molecular weight is 415 g/mol. The molecule has 3 rings (SSSR count). The SMILES string of the molecule is O=S1OCC2C(CO1)C1(Cl)C(Cl)=C(Cl)C2(Cl)C1(Cl)Cl.[LiH]. The summed E-state index contributed by atoms with van der Waals surface area (Å²) in [7, 11) is 0. The summed E-state index contributed by atoms with van der Waals surface area (Å²) in [5.41, 5.74) is 0. The van der Waals surface area contributed by atoms with Crippen LogP contribution in [0.2, 0.25) is 0 Å². The Morgan fingerprint density at radius 3 is 1.65 bits per heavy atom. The van der Waals surface area contributed by atoms with Crippen LogP contribution in [0.25, 0.3) is 0 Å². The monoisotopic (exact) mass is 412 g/mol. The molecule has 1 saturated heterocycles. The Kier molecular flexibility index (Phi) is 5.18. The summed E-state index contributed by atoms with van der Waals surface area (Å²) in [5.74, 6) is -0.911. The molecule has 0 aromatic heterocycles. The topological polar surface area (TPSA) is 35.5 Å². The third-order valence-electron chi connectivity index (χ3n) is 3.94. The van der Waals surface area contributed by atoms with Crippen molar-refractivity contribution in [2.75, 3.05) is 13.2 Å². The Bertz CT molecular complexity index is 476. The quantitative estimate of drug-likeness (QED) is 0.451. The molecule has 4 unspecified atom stereocenters. The summed E-state index contributed by atoms with van der Waals surface area (Å²) < 4.78 is 19.7. The van der Waals surface area contributed by atoms with E-state index in [1.165, 1.54) is 0 Å². The van der Waals surface area contributed by atoms with Crippen LogP contribution in [0.1, 0.15) is 0 Å². The van der Waals surface area contributed by atoms with Crippen molar-refractivity contribution in [1.29, 1.82) is 0 Å². The van der Waals surface area contributed by atoms with Crippen molar-refractivity contribution in [3.05, 3.63) is 10.1 Å². The summed E-state index contributed by atoms with van der Waals surface area (Å²) in [6.45, 7) is 0.0215. The molecule has 1 saturated carbocycles. The fourth-order valence-electron chi connectivity index (χ4n) is 2.96.